The summed E-state index contributed by atoms with van der Waals surface area (Å²) < 4.78 is 0. The Hall–Kier alpha value is -7.30. The van der Waals surface area contributed by atoms with Crippen molar-refractivity contribution in [1.82, 2.24) is 52.3 Å². The maximum Gasteiger partial charge on any atom is 0.251 e. The fraction of sp³-hybridized carbons (Fsp3) is 0.485. The molecule has 8 amide bonds. The van der Waals surface area contributed by atoms with Crippen LogP contribution in [0.4, 0.5) is 0 Å². The number of carbonyl (C=O) groups excluding carboxylic acids is 8. The number of amides is 8. The van der Waals surface area contributed by atoms with Crippen LogP contribution in [0.5, 0.6) is 0 Å². The number of rotatable bonds is 16. The molecule has 2 aliphatic heterocycles. The Kier molecular flexibility index (Phi) is 23.2. The van der Waals surface area contributed by atoms with E-state index >= 15 is 0 Å². The van der Waals surface area contributed by atoms with Crippen molar-refractivity contribution in [3.8, 4) is 11.8 Å². The fourth-order valence-electron chi connectivity index (χ4n) is 11.7. The molecule has 86 heavy (non-hydrogen) atoms. The van der Waals surface area contributed by atoms with Crippen molar-refractivity contribution in [2.75, 3.05) is 27.2 Å². The molecule has 0 radical (unpaired) electrons. The van der Waals surface area contributed by atoms with Crippen LogP contribution in [0.1, 0.15) is 160 Å². The normalized spacial score (nSPS) is 21.1. The Morgan fingerprint density at radius 2 is 0.849 bits per heavy atom. The van der Waals surface area contributed by atoms with Gasteiger partial charge in [-0.25, -0.2) is 0 Å². The zero-order valence-electron chi connectivity index (χ0n) is 51.1. The number of likely N-dealkylation sites (N-methyl/N-ethyl adjacent to an activating group) is 2. The first-order valence-corrected chi connectivity index (χ1v) is 29.6. The first kappa shape index (κ1) is 67.8. The van der Waals surface area contributed by atoms with Gasteiger partial charge in [0, 0.05) is 47.4 Å². The van der Waals surface area contributed by atoms with Gasteiger partial charge < -0.3 is 52.3 Å². The third-order valence-corrected chi connectivity index (χ3v) is 16.9. The van der Waals surface area contributed by atoms with Crippen LogP contribution < -0.4 is 42.5 Å². The van der Waals surface area contributed by atoms with E-state index in [1.807, 2.05) is 77.9 Å². The van der Waals surface area contributed by atoms with Crippen LogP contribution in [0.15, 0.2) is 97.1 Å². The molecule has 8 rings (SSSR count). The predicted octanol–water partition coefficient (Wildman–Crippen LogP) is 5.99. The topological polar surface area (TPSA) is 239 Å². The lowest BCUT2D eigenvalue weighted by Gasteiger charge is -2.36. The van der Waals surface area contributed by atoms with E-state index in [9.17, 15) is 38.4 Å². The minimum atomic E-state index is -0.953. The first-order chi connectivity index (χ1) is 39.9. The Labute approximate surface area is 518 Å². The maximum atomic E-state index is 14.6. The molecular weight excluding hydrogens is 1130 g/mol. The summed E-state index contributed by atoms with van der Waals surface area (Å²) >= 11 is 0. The molecule has 2 aliphatic carbocycles. The number of nitrogens with zero attached hydrogens (tertiary/aromatic N) is 2. The molecule has 2 fully saturated rings. The van der Waals surface area contributed by atoms with Crippen molar-refractivity contribution < 1.29 is 38.4 Å². The summed E-state index contributed by atoms with van der Waals surface area (Å²) in [4.78, 5) is 115. The molecular formula is C66H86Cl2N10O8. The second-order valence-electron chi connectivity index (χ2n) is 25.2. The number of hydrogen-bond acceptors (Lipinski definition) is 10. The zero-order chi connectivity index (χ0) is 60.6. The highest BCUT2D eigenvalue weighted by Gasteiger charge is 2.48. The lowest BCUT2D eigenvalue weighted by atomic mass is 9.85. The average molecular weight is 1220 g/mol. The summed E-state index contributed by atoms with van der Waals surface area (Å²) in [5, 5.41) is 24.3. The standard InChI is InChI=1S/C66H84N10O8.2ClH/c1-39(67-9)57(77)73-55(65(3,4)5)63(83)75-37-47(35-53(75)61(81)71-51-23-15-19-43-17-11-13-21-49(43)51)69-59(79)45-31-27-41(28-32-45)25-26-42-29-33-46(34-30-42)60(80)70-48-36-54(62(82)72-52-24-16-20-44-18-12-14-22-50(44)52)76(38-48)64(84)56(66(6,7)8)74-58(78)40(2)68-10;;/h11-14,17-18,21-22,27-34,39-40,47-48,51-56,67-68H,15-16,19-20,23-24,35-38H2,1-10H3,(H,69,79)(H,70,80)(H,71,81)(H,72,82)(H,73,77)(H,74,78);2*1H/t39-,40-,47-,48-,51+,52+,53-,54-,55+,56+;;/m0../s1. The SMILES string of the molecule is CN[C@@H](C)C(=O)N[C@H](C(=O)N1C[C@@H](NC(=O)c2ccc(C#Cc3ccc(C(=O)N[C@H]4C[C@@H](C(=O)N[C@@H]5CCCc6ccccc65)N(C(=O)[C@@H](NC(=O)[C@H](C)NC)C(C)(C)C)C4)cc3)cc2)C[C@H]1C(=O)N[C@@H]1CCCc2ccccc21)C(C)(C)C.Cl.Cl. The summed E-state index contributed by atoms with van der Waals surface area (Å²) in [6, 6.07) is 23.2. The summed E-state index contributed by atoms with van der Waals surface area (Å²) in [6.07, 6.45) is 5.52. The predicted molar refractivity (Wildman–Crippen MR) is 336 cm³/mol. The minimum Gasteiger partial charge on any atom is -0.347 e. The van der Waals surface area contributed by atoms with Crippen LogP contribution in [-0.2, 0) is 41.6 Å². The molecule has 0 unspecified atom stereocenters. The fourth-order valence-corrected chi connectivity index (χ4v) is 11.7. The molecule has 0 aromatic heterocycles. The highest BCUT2D eigenvalue weighted by Crippen LogP contribution is 2.34. The van der Waals surface area contributed by atoms with E-state index in [4.69, 9.17) is 0 Å². The molecule has 4 aromatic rings. The van der Waals surface area contributed by atoms with Crippen molar-refractivity contribution in [2.24, 2.45) is 10.8 Å². The van der Waals surface area contributed by atoms with Crippen LogP contribution in [0.2, 0.25) is 0 Å². The van der Waals surface area contributed by atoms with Crippen molar-refractivity contribution in [1.29, 1.82) is 0 Å². The zero-order valence-corrected chi connectivity index (χ0v) is 52.7. The summed E-state index contributed by atoms with van der Waals surface area (Å²) in [6.45, 7) is 14.7. The van der Waals surface area contributed by atoms with Gasteiger partial charge in [0.2, 0.25) is 35.4 Å². The van der Waals surface area contributed by atoms with Gasteiger partial charge in [-0.1, -0.05) is 102 Å². The van der Waals surface area contributed by atoms with Crippen molar-refractivity contribution in [2.45, 2.75) is 167 Å². The number of fused-ring (bicyclic) bond motifs is 2. The van der Waals surface area contributed by atoms with Crippen molar-refractivity contribution in [3.05, 3.63) is 142 Å². The smallest absolute Gasteiger partial charge is 0.251 e. The number of benzene rings is 4. The second kappa shape index (κ2) is 29.4. The van der Waals surface area contributed by atoms with Crippen LogP contribution in [-0.4, -0.2) is 133 Å². The van der Waals surface area contributed by atoms with Crippen molar-refractivity contribution in [3.63, 3.8) is 0 Å². The Balaban J connectivity index is 0.00000591. The van der Waals surface area contributed by atoms with Gasteiger partial charge in [0.25, 0.3) is 11.8 Å². The van der Waals surface area contributed by atoms with Crippen molar-refractivity contribution >= 4 is 72.1 Å². The molecule has 4 aliphatic rings. The summed E-state index contributed by atoms with van der Waals surface area (Å²) in [5.41, 5.74) is 5.05. The van der Waals surface area contributed by atoms with E-state index in [1.165, 1.54) is 20.9 Å². The largest absolute Gasteiger partial charge is 0.347 e. The molecule has 0 saturated carbocycles. The molecule has 462 valence electrons. The second-order valence-corrected chi connectivity index (χ2v) is 25.2. The molecule has 2 heterocycles. The maximum absolute atomic E-state index is 14.6. The molecule has 20 heteroatoms. The molecule has 2 saturated heterocycles. The lowest BCUT2D eigenvalue weighted by molar-refractivity contribution is -0.144. The molecule has 8 N–H and O–H groups in total. The lowest BCUT2D eigenvalue weighted by Crippen LogP contribution is -2.59. The van der Waals surface area contributed by atoms with E-state index < -0.39 is 71.0 Å². The van der Waals surface area contributed by atoms with E-state index in [0.717, 1.165) is 49.7 Å². The van der Waals surface area contributed by atoms with E-state index in [1.54, 1.807) is 76.5 Å². The molecule has 0 spiro atoms. The molecule has 4 aromatic carbocycles. The summed E-state index contributed by atoms with van der Waals surface area (Å²) in [5.74, 6) is 3.35. The van der Waals surface area contributed by atoms with Crippen LogP contribution in [0.3, 0.4) is 0 Å². The Morgan fingerprint density at radius 1 is 0.500 bits per heavy atom. The minimum absolute atomic E-state index is 0. The van der Waals surface area contributed by atoms with Gasteiger partial charge in [-0.2, -0.15) is 0 Å². The molecule has 10 atom stereocenters. The number of halogens is 2. The van der Waals surface area contributed by atoms with Gasteiger partial charge in [0.15, 0.2) is 0 Å². The highest BCUT2D eigenvalue weighted by atomic mass is 35.5. The number of likely N-dealkylation sites (tertiary alicyclic amines) is 2. The summed E-state index contributed by atoms with van der Waals surface area (Å²) in [7, 11) is 3.33. The van der Waals surface area contributed by atoms with Gasteiger partial charge >= 0.3 is 0 Å². The number of nitrogens with one attached hydrogen (secondary N) is 8. The highest BCUT2D eigenvalue weighted by molar-refractivity contribution is 5.98. The van der Waals surface area contributed by atoms with Crippen LogP contribution >= 0.6 is 24.8 Å². The van der Waals surface area contributed by atoms with Gasteiger partial charge in [0.05, 0.1) is 24.2 Å². The van der Waals surface area contributed by atoms with E-state index in [0.29, 0.717) is 22.3 Å². The van der Waals surface area contributed by atoms with Crippen LogP contribution in [0, 0.1) is 22.7 Å². The average Bonchev–Trinajstić information content (AvgIpc) is 2.31. The number of carbonyl (C=O) groups is 8. The monoisotopic (exact) mass is 1220 g/mol. The Bertz CT molecular complexity index is 2960. The third kappa shape index (κ3) is 16.4. The van der Waals surface area contributed by atoms with Gasteiger partial charge in [-0.05, 0) is 161 Å². The number of hydrogen-bond donors (Lipinski definition) is 8. The molecule has 0 bridgehead atoms. The van der Waals surface area contributed by atoms with E-state index in [2.05, 4.69) is 66.5 Å². The van der Waals surface area contributed by atoms with Gasteiger partial charge in [-0.15, -0.1) is 24.8 Å². The first-order valence-electron chi connectivity index (χ1n) is 29.6. The van der Waals surface area contributed by atoms with E-state index in [-0.39, 0.29) is 98.3 Å². The number of aryl methyl sites for hydroxylation is 2. The van der Waals surface area contributed by atoms with Gasteiger partial charge in [0.1, 0.15) is 24.2 Å². The Morgan fingerprint density at radius 3 is 1.19 bits per heavy atom. The van der Waals surface area contributed by atoms with Crippen LogP contribution in [0.25, 0.3) is 0 Å². The third-order valence-electron chi connectivity index (χ3n) is 16.9. The van der Waals surface area contributed by atoms with Gasteiger partial charge in [-0.3, -0.25) is 38.4 Å². The quantitative estimate of drug-likeness (QED) is 0.0610. The molecule has 18 nitrogen and oxygen atoms in total.